The summed E-state index contributed by atoms with van der Waals surface area (Å²) < 4.78 is 0. The third-order valence-corrected chi connectivity index (χ3v) is 3.82. The molecule has 0 saturated heterocycles. The fourth-order valence-corrected chi connectivity index (χ4v) is 2.38. The van der Waals surface area contributed by atoms with Crippen molar-refractivity contribution in [3.63, 3.8) is 0 Å². The van der Waals surface area contributed by atoms with Gasteiger partial charge in [-0.25, -0.2) is 4.79 Å². The fraction of sp³-hybridized carbons (Fsp3) is 0.308. The van der Waals surface area contributed by atoms with Crippen molar-refractivity contribution in [1.29, 1.82) is 0 Å². The van der Waals surface area contributed by atoms with Gasteiger partial charge in [-0.1, -0.05) is 13.8 Å². The second-order valence-electron chi connectivity index (χ2n) is 4.62. The highest BCUT2D eigenvalue weighted by atomic mass is 32.1. The second kappa shape index (κ2) is 5.87. The van der Waals surface area contributed by atoms with Crippen LogP contribution in [-0.2, 0) is 6.54 Å². The molecule has 0 spiro atoms. The molecule has 2 heterocycles. The largest absolute Gasteiger partial charge is 0.477 e. The van der Waals surface area contributed by atoms with E-state index < -0.39 is 5.97 Å². The highest BCUT2D eigenvalue weighted by molar-refractivity contribution is 7.13. The Kier molecular flexibility index (Phi) is 4.19. The minimum Gasteiger partial charge on any atom is -0.477 e. The predicted molar refractivity (Wildman–Crippen MR) is 75.1 cm³/mol. The predicted octanol–water partition coefficient (Wildman–Crippen LogP) is 2.22. The van der Waals surface area contributed by atoms with Gasteiger partial charge in [0.05, 0.1) is 6.54 Å². The summed E-state index contributed by atoms with van der Waals surface area (Å²) in [7, 11) is 0. The molecule has 2 aromatic rings. The number of amides is 1. The van der Waals surface area contributed by atoms with Gasteiger partial charge in [0.15, 0.2) is 0 Å². The van der Waals surface area contributed by atoms with Crippen molar-refractivity contribution in [3.05, 3.63) is 39.3 Å². The number of aromatic amines is 1. The molecule has 3 N–H and O–H groups in total. The summed E-state index contributed by atoms with van der Waals surface area (Å²) in [6.07, 6.45) is 0. The van der Waals surface area contributed by atoms with E-state index in [2.05, 4.69) is 15.5 Å². The molecule has 0 atom stereocenters. The van der Waals surface area contributed by atoms with Crippen LogP contribution in [0.25, 0.3) is 0 Å². The van der Waals surface area contributed by atoms with Crippen LogP contribution < -0.4 is 5.32 Å². The van der Waals surface area contributed by atoms with E-state index in [9.17, 15) is 9.59 Å². The standard InChI is InChI=1S/C13H15N3O3S/c1-7(2)9-5-10(16-15-9)12(17)14-6-8-3-4-11(20-8)13(18)19/h3-5,7H,6H2,1-2H3,(H,14,17)(H,15,16)(H,18,19). The van der Waals surface area contributed by atoms with Gasteiger partial charge in [-0.15, -0.1) is 11.3 Å². The van der Waals surface area contributed by atoms with E-state index in [-0.39, 0.29) is 16.7 Å². The SMILES string of the molecule is CC(C)c1cc(C(=O)NCc2ccc(C(=O)O)s2)n[nH]1. The zero-order valence-corrected chi connectivity index (χ0v) is 12.0. The lowest BCUT2D eigenvalue weighted by atomic mass is 10.1. The summed E-state index contributed by atoms with van der Waals surface area (Å²) in [4.78, 5) is 23.7. The summed E-state index contributed by atoms with van der Waals surface area (Å²) in [5.41, 5.74) is 1.24. The van der Waals surface area contributed by atoms with Crippen molar-refractivity contribution in [3.8, 4) is 0 Å². The zero-order chi connectivity index (χ0) is 14.7. The number of thiophene rings is 1. The zero-order valence-electron chi connectivity index (χ0n) is 11.1. The molecule has 0 aliphatic rings. The summed E-state index contributed by atoms with van der Waals surface area (Å²) in [6, 6.07) is 4.94. The van der Waals surface area contributed by atoms with E-state index in [1.807, 2.05) is 13.8 Å². The van der Waals surface area contributed by atoms with Gasteiger partial charge >= 0.3 is 5.97 Å². The van der Waals surface area contributed by atoms with Crippen LogP contribution in [0.4, 0.5) is 0 Å². The molecule has 0 aromatic carbocycles. The van der Waals surface area contributed by atoms with E-state index in [4.69, 9.17) is 5.11 Å². The summed E-state index contributed by atoms with van der Waals surface area (Å²) >= 11 is 1.15. The molecule has 0 bridgehead atoms. The average molecular weight is 293 g/mol. The number of nitrogens with one attached hydrogen (secondary N) is 2. The smallest absolute Gasteiger partial charge is 0.345 e. The van der Waals surface area contributed by atoms with Gasteiger partial charge in [-0.05, 0) is 24.1 Å². The van der Waals surface area contributed by atoms with Gasteiger partial charge in [-0.3, -0.25) is 9.89 Å². The number of aromatic carboxylic acids is 1. The Balaban J connectivity index is 1.95. The van der Waals surface area contributed by atoms with Gasteiger partial charge in [0.1, 0.15) is 10.6 Å². The summed E-state index contributed by atoms with van der Waals surface area (Å²) in [6.45, 7) is 4.31. The van der Waals surface area contributed by atoms with E-state index in [1.54, 1.807) is 12.1 Å². The van der Waals surface area contributed by atoms with Gasteiger partial charge in [0, 0.05) is 10.6 Å². The van der Waals surface area contributed by atoms with Crippen molar-refractivity contribution in [2.75, 3.05) is 0 Å². The lowest BCUT2D eigenvalue weighted by Crippen LogP contribution is -2.22. The Bertz CT molecular complexity index is 630. The third kappa shape index (κ3) is 3.24. The van der Waals surface area contributed by atoms with Crippen LogP contribution in [-0.4, -0.2) is 27.2 Å². The Hall–Kier alpha value is -2.15. The van der Waals surface area contributed by atoms with E-state index in [0.717, 1.165) is 21.9 Å². The normalized spacial score (nSPS) is 10.8. The quantitative estimate of drug-likeness (QED) is 0.787. The molecule has 0 fully saturated rings. The maximum absolute atomic E-state index is 11.9. The third-order valence-electron chi connectivity index (χ3n) is 2.75. The molecule has 0 saturated carbocycles. The number of carboxylic acids is 1. The van der Waals surface area contributed by atoms with Crippen LogP contribution in [0, 0.1) is 0 Å². The Labute approximate surface area is 119 Å². The number of carboxylic acid groups (broad SMARTS) is 1. The molecule has 1 amide bonds. The van der Waals surface area contributed by atoms with Crippen LogP contribution in [0.5, 0.6) is 0 Å². The Morgan fingerprint density at radius 1 is 1.45 bits per heavy atom. The summed E-state index contributed by atoms with van der Waals surface area (Å²) in [5.74, 6) is -0.959. The number of hydrogen-bond acceptors (Lipinski definition) is 4. The van der Waals surface area contributed by atoms with Crippen molar-refractivity contribution >= 4 is 23.2 Å². The molecular formula is C13H15N3O3S. The molecule has 2 aromatic heterocycles. The van der Waals surface area contributed by atoms with E-state index >= 15 is 0 Å². The van der Waals surface area contributed by atoms with Crippen LogP contribution in [0.3, 0.4) is 0 Å². The highest BCUT2D eigenvalue weighted by Crippen LogP contribution is 2.16. The molecule has 2 rings (SSSR count). The average Bonchev–Trinajstić information content (AvgIpc) is 3.05. The fourth-order valence-electron chi connectivity index (χ4n) is 1.59. The van der Waals surface area contributed by atoms with E-state index in [0.29, 0.717) is 12.2 Å². The molecule has 106 valence electrons. The first kappa shape index (κ1) is 14.3. The number of aromatic nitrogens is 2. The van der Waals surface area contributed by atoms with Crippen LogP contribution in [0.2, 0.25) is 0 Å². The van der Waals surface area contributed by atoms with Gasteiger partial charge in [0.25, 0.3) is 5.91 Å². The highest BCUT2D eigenvalue weighted by Gasteiger charge is 2.13. The van der Waals surface area contributed by atoms with Crippen molar-refractivity contribution in [2.24, 2.45) is 0 Å². The molecule has 0 unspecified atom stereocenters. The lowest BCUT2D eigenvalue weighted by Gasteiger charge is -2.00. The van der Waals surface area contributed by atoms with Crippen LogP contribution in [0.15, 0.2) is 18.2 Å². The molecule has 0 aliphatic heterocycles. The Morgan fingerprint density at radius 2 is 2.20 bits per heavy atom. The number of carbonyl (C=O) groups is 2. The molecule has 7 heteroatoms. The number of carbonyl (C=O) groups excluding carboxylic acids is 1. The maximum atomic E-state index is 11.9. The number of nitrogens with zero attached hydrogens (tertiary/aromatic N) is 1. The lowest BCUT2D eigenvalue weighted by molar-refractivity contribution is 0.0702. The minimum atomic E-state index is -0.957. The molecule has 6 nitrogen and oxygen atoms in total. The monoisotopic (exact) mass is 293 g/mol. The Morgan fingerprint density at radius 3 is 2.75 bits per heavy atom. The van der Waals surface area contributed by atoms with Gasteiger partial charge in [-0.2, -0.15) is 5.10 Å². The number of rotatable bonds is 5. The molecule has 0 aliphatic carbocycles. The van der Waals surface area contributed by atoms with Gasteiger partial charge < -0.3 is 10.4 Å². The molecular weight excluding hydrogens is 278 g/mol. The second-order valence-corrected chi connectivity index (χ2v) is 5.79. The molecule has 0 radical (unpaired) electrons. The van der Waals surface area contributed by atoms with Gasteiger partial charge in [0.2, 0.25) is 0 Å². The topological polar surface area (TPSA) is 95.1 Å². The summed E-state index contributed by atoms with van der Waals surface area (Å²) in [5, 5.41) is 18.3. The van der Waals surface area contributed by atoms with E-state index in [1.165, 1.54) is 6.07 Å². The maximum Gasteiger partial charge on any atom is 0.345 e. The number of hydrogen-bond donors (Lipinski definition) is 3. The first-order chi connectivity index (χ1) is 9.47. The minimum absolute atomic E-state index is 0.260. The van der Waals surface area contributed by atoms with Crippen LogP contribution in [0.1, 0.15) is 50.5 Å². The first-order valence-electron chi connectivity index (χ1n) is 6.13. The van der Waals surface area contributed by atoms with Crippen molar-refractivity contribution < 1.29 is 14.7 Å². The molecule has 20 heavy (non-hydrogen) atoms. The number of H-pyrrole nitrogens is 1. The van der Waals surface area contributed by atoms with Crippen LogP contribution >= 0.6 is 11.3 Å². The first-order valence-corrected chi connectivity index (χ1v) is 6.94. The van der Waals surface area contributed by atoms with Crippen molar-refractivity contribution in [1.82, 2.24) is 15.5 Å². The van der Waals surface area contributed by atoms with Crippen molar-refractivity contribution in [2.45, 2.75) is 26.3 Å².